The molecule has 2 heterocycles. The third kappa shape index (κ3) is 2.48. The van der Waals surface area contributed by atoms with Crippen LogP contribution in [0.2, 0.25) is 0 Å². The van der Waals surface area contributed by atoms with Gasteiger partial charge in [-0.1, -0.05) is 25.0 Å². The third-order valence-electron chi connectivity index (χ3n) is 4.14. The van der Waals surface area contributed by atoms with E-state index in [-0.39, 0.29) is 0 Å². The summed E-state index contributed by atoms with van der Waals surface area (Å²) in [7, 11) is 0. The lowest BCUT2D eigenvalue weighted by Crippen LogP contribution is -2.41. The van der Waals surface area contributed by atoms with Gasteiger partial charge in [0.2, 0.25) is 0 Å². The van der Waals surface area contributed by atoms with E-state index in [1.807, 2.05) is 31.2 Å². The Morgan fingerprint density at radius 2 is 1.90 bits per heavy atom. The normalized spacial score (nSPS) is 20.1. The summed E-state index contributed by atoms with van der Waals surface area (Å²) in [6.07, 6.45) is 4.92. The van der Waals surface area contributed by atoms with Crippen LogP contribution in [-0.2, 0) is 0 Å². The molecule has 3 rings (SSSR count). The van der Waals surface area contributed by atoms with Gasteiger partial charge < -0.3 is 10.6 Å². The number of anilines is 1. The fraction of sp³-hybridized carbons (Fsp3) is 0.500. The molecule has 1 unspecified atom stereocenters. The van der Waals surface area contributed by atoms with Crippen molar-refractivity contribution in [1.82, 2.24) is 9.97 Å². The van der Waals surface area contributed by atoms with Crippen LogP contribution in [0, 0.1) is 6.92 Å². The van der Waals surface area contributed by atoms with Gasteiger partial charge in [0.15, 0.2) is 5.82 Å². The maximum absolute atomic E-state index is 5.97. The summed E-state index contributed by atoms with van der Waals surface area (Å²) in [4.78, 5) is 11.9. The summed E-state index contributed by atoms with van der Waals surface area (Å²) >= 11 is 0. The average molecular weight is 270 g/mol. The first-order chi connectivity index (χ1) is 9.79. The zero-order valence-electron chi connectivity index (χ0n) is 12.0. The Bertz CT molecular complexity index is 596. The summed E-state index contributed by atoms with van der Waals surface area (Å²) in [5, 5.41) is 0. The molecule has 1 aromatic carbocycles. The van der Waals surface area contributed by atoms with E-state index >= 15 is 0 Å². The van der Waals surface area contributed by atoms with Crippen molar-refractivity contribution in [1.29, 1.82) is 0 Å². The molecule has 0 amide bonds. The Hall–Kier alpha value is -1.68. The van der Waals surface area contributed by atoms with Crippen molar-refractivity contribution in [2.75, 3.05) is 18.0 Å². The molecule has 1 aliphatic heterocycles. The predicted molar refractivity (Wildman–Crippen MR) is 82.9 cm³/mol. The van der Waals surface area contributed by atoms with Crippen LogP contribution in [0.1, 0.15) is 31.4 Å². The standard InChI is InChI=1S/C16H22N4/c1-12-16(19-15-9-5-4-8-14(15)18-12)20-10-6-2-3-7-13(20)11-17/h4-5,8-9,13H,2-3,6-7,10-11,17H2,1H3. The first kappa shape index (κ1) is 13.3. The van der Waals surface area contributed by atoms with E-state index in [4.69, 9.17) is 15.7 Å². The van der Waals surface area contributed by atoms with Gasteiger partial charge in [0.25, 0.3) is 0 Å². The van der Waals surface area contributed by atoms with Crippen LogP contribution in [0.25, 0.3) is 11.0 Å². The van der Waals surface area contributed by atoms with Gasteiger partial charge in [-0.05, 0) is 31.9 Å². The maximum atomic E-state index is 5.97. The molecule has 0 radical (unpaired) electrons. The second-order valence-electron chi connectivity index (χ2n) is 5.55. The van der Waals surface area contributed by atoms with Crippen molar-refractivity contribution in [3.63, 3.8) is 0 Å². The zero-order valence-corrected chi connectivity index (χ0v) is 12.0. The van der Waals surface area contributed by atoms with E-state index < -0.39 is 0 Å². The van der Waals surface area contributed by atoms with Crippen molar-refractivity contribution in [2.24, 2.45) is 5.73 Å². The van der Waals surface area contributed by atoms with Crippen LogP contribution >= 0.6 is 0 Å². The average Bonchev–Trinajstić information content (AvgIpc) is 2.71. The molecule has 1 saturated heterocycles. The van der Waals surface area contributed by atoms with Crippen molar-refractivity contribution in [3.8, 4) is 0 Å². The Labute approximate surface area is 120 Å². The number of nitrogens with zero attached hydrogens (tertiary/aromatic N) is 3. The second kappa shape index (κ2) is 5.75. The third-order valence-corrected chi connectivity index (χ3v) is 4.14. The Balaban J connectivity index is 2.04. The molecule has 1 atom stereocenters. The summed E-state index contributed by atoms with van der Waals surface area (Å²) < 4.78 is 0. The molecule has 20 heavy (non-hydrogen) atoms. The Morgan fingerprint density at radius 1 is 1.15 bits per heavy atom. The predicted octanol–water partition coefficient (Wildman–Crippen LogP) is 2.65. The van der Waals surface area contributed by atoms with Crippen LogP contribution in [-0.4, -0.2) is 29.1 Å². The molecule has 2 aromatic rings. The van der Waals surface area contributed by atoms with Gasteiger partial charge in [-0.2, -0.15) is 0 Å². The molecule has 2 N–H and O–H groups in total. The van der Waals surface area contributed by atoms with Gasteiger partial charge >= 0.3 is 0 Å². The molecule has 0 aliphatic carbocycles. The largest absolute Gasteiger partial charge is 0.351 e. The minimum Gasteiger partial charge on any atom is -0.351 e. The minimum atomic E-state index is 0.395. The second-order valence-corrected chi connectivity index (χ2v) is 5.55. The molecule has 4 heteroatoms. The number of hydrogen-bond acceptors (Lipinski definition) is 4. The Kier molecular flexibility index (Phi) is 3.83. The molecule has 4 nitrogen and oxygen atoms in total. The lowest BCUT2D eigenvalue weighted by molar-refractivity contribution is 0.574. The monoisotopic (exact) mass is 270 g/mol. The maximum Gasteiger partial charge on any atom is 0.151 e. The number of aryl methyl sites for hydroxylation is 1. The highest BCUT2D eigenvalue weighted by molar-refractivity contribution is 5.76. The molecule has 0 bridgehead atoms. The fourth-order valence-electron chi connectivity index (χ4n) is 3.05. The molecular formula is C16H22N4. The molecule has 0 spiro atoms. The first-order valence-electron chi connectivity index (χ1n) is 7.49. The molecule has 1 fully saturated rings. The van der Waals surface area contributed by atoms with Crippen LogP contribution in [0.4, 0.5) is 5.82 Å². The van der Waals surface area contributed by atoms with Crippen LogP contribution in [0.3, 0.4) is 0 Å². The molecular weight excluding hydrogens is 248 g/mol. The lowest BCUT2D eigenvalue weighted by atomic mass is 10.1. The number of rotatable bonds is 2. The Morgan fingerprint density at radius 3 is 2.65 bits per heavy atom. The van der Waals surface area contributed by atoms with Crippen LogP contribution < -0.4 is 10.6 Å². The van der Waals surface area contributed by atoms with E-state index in [0.717, 1.165) is 35.5 Å². The quantitative estimate of drug-likeness (QED) is 0.911. The number of aromatic nitrogens is 2. The summed E-state index contributed by atoms with van der Waals surface area (Å²) in [6, 6.07) is 8.46. The number of nitrogens with two attached hydrogens (primary N) is 1. The molecule has 1 aliphatic rings. The van der Waals surface area contributed by atoms with Gasteiger partial charge in [-0.25, -0.2) is 9.97 Å². The van der Waals surface area contributed by atoms with Gasteiger partial charge in [0.05, 0.1) is 16.7 Å². The number of fused-ring (bicyclic) bond motifs is 1. The highest BCUT2D eigenvalue weighted by Gasteiger charge is 2.23. The fourth-order valence-corrected chi connectivity index (χ4v) is 3.05. The summed E-state index contributed by atoms with van der Waals surface area (Å²) in [5.41, 5.74) is 8.91. The number of para-hydroxylation sites is 2. The van der Waals surface area contributed by atoms with Crippen molar-refractivity contribution in [3.05, 3.63) is 30.0 Å². The lowest BCUT2D eigenvalue weighted by Gasteiger charge is -2.31. The molecule has 1 aromatic heterocycles. The van der Waals surface area contributed by atoms with Gasteiger partial charge in [0.1, 0.15) is 0 Å². The van der Waals surface area contributed by atoms with E-state index in [1.54, 1.807) is 0 Å². The SMILES string of the molecule is Cc1nc2ccccc2nc1N1CCCCCC1CN. The van der Waals surface area contributed by atoms with Gasteiger partial charge in [0, 0.05) is 19.1 Å². The van der Waals surface area contributed by atoms with Gasteiger partial charge in [-0.15, -0.1) is 0 Å². The summed E-state index contributed by atoms with van der Waals surface area (Å²) in [6.45, 7) is 3.77. The highest BCUT2D eigenvalue weighted by atomic mass is 15.2. The van der Waals surface area contributed by atoms with E-state index in [0.29, 0.717) is 12.6 Å². The van der Waals surface area contributed by atoms with Crippen molar-refractivity contribution in [2.45, 2.75) is 38.6 Å². The van der Waals surface area contributed by atoms with Crippen LogP contribution in [0.5, 0.6) is 0 Å². The topological polar surface area (TPSA) is 55.0 Å². The summed E-state index contributed by atoms with van der Waals surface area (Å²) in [5.74, 6) is 1.01. The first-order valence-corrected chi connectivity index (χ1v) is 7.49. The number of benzene rings is 1. The minimum absolute atomic E-state index is 0.395. The van der Waals surface area contributed by atoms with E-state index in [1.165, 1.54) is 19.3 Å². The zero-order chi connectivity index (χ0) is 13.9. The van der Waals surface area contributed by atoms with E-state index in [9.17, 15) is 0 Å². The molecule has 106 valence electrons. The van der Waals surface area contributed by atoms with E-state index in [2.05, 4.69) is 4.90 Å². The van der Waals surface area contributed by atoms with Crippen molar-refractivity contribution >= 4 is 16.9 Å². The molecule has 0 saturated carbocycles. The van der Waals surface area contributed by atoms with Crippen molar-refractivity contribution < 1.29 is 0 Å². The van der Waals surface area contributed by atoms with Gasteiger partial charge in [-0.3, -0.25) is 0 Å². The number of hydrogen-bond donors (Lipinski definition) is 1. The highest BCUT2D eigenvalue weighted by Crippen LogP contribution is 2.26. The van der Waals surface area contributed by atoms with Crippen LogP contribution in [0.15, 0.2) is 24.3 Å². The smallest absolute Gasteiger partial charge is 0.151 e.